The van der Waals surface area contributed by atoms with Crippen molar-refractivity contribution in [3.05, 3.63) is 0 Å². The number of carbonyl (C=O) groups is 3. The van der Waals surface area contributed by atoms with Crippen LogP contribution in [-0.2, 0) is 28.6 Å². The van der Waals surface area contributed by atoms with Gasteiger partial charge < -0.3 is 14.2 Å². The summed E-state index contributed by atoms with van der Waals surface area (Å²) in [5.74, 6) is -3.49. The minimum atomic E-state index is -1.08. The fraction of sp³-hybridized carbons (Fsp3) is 0.750. The zero-order valence-electron chi connectivity index (χ0n) is 11.2. The molecule has 0 aromatic heterocycles. The van der Waals surface area contributed by atoms with Gasteiger partial charge in [0.05, 0.1) is 26.2 Å². The van der Waals surface area contributed by atoms with E-state index in [1.54, 1.807) is 20.8 Å². The third kappa shape index (κ3) is 5.16. The van der Waals surface area contributed by atoms with Crippen LogP contribution in [-0.4, -0.2) is 38.2 Å². The van der Waals surface area contributed by atoms with Gasteiger partial charge in [-0.3, -0.25) is 14.4 Å². The van der Waals surface area contributed by atoms with Crippen LogP contribution in [0.15, 0.2) is 0 Å². The van der Waals surface area contributed by atoms with Gasteiger partial charge >= 0.3 is 17.9 Å². The molecule has 6 nitrogen and oxygen atoms in total. The van der Waals surface area contributed by atoms with E-state index in [0.717, 1.165) is 0 Å². The van der Waals surface area contributed by atoms with Crippen molar-refractivity contribution < 1.29 is 28.6 Å². The first-order valence-corrected chi connectivity index (χ1v) is 5.88. The van der Waals surface area contributed by atoms with Crippen LogP contribution in [0.4, 0.5) is 0 Å². The van der Waals surface area contributed by atoms with Gasteiger partial charge in [-0.1, -0.05) is 6.92 Å². The SMILES string of the molecule is CCOC(=O)C(CC(C)C(=O)OC)C(=O)OCC. The summed E-state index contributed by atoms with van der Waals surface area (Å²) < 4.78 is 14.1. The summed E-state index contributed by atoms with van der Waals surface area (Å²) in [5, 5.41) is 0. The molecule has 0 heterocycles. The van der Waals surface area contributed by atoms with E-state index in [-0.39, 0.29) is 19.6 Å². The second kappa shape index (κ2) is 8.49. The Morgan fingerprint density at radius 1 is 0.944 bits per heavy atom. The van der Waals surface area contributed by atoms with E-state index in [4.69, 9.17) is 9.47 Å². The zero-order chi connectivity index (χ0) is 14.1. The van der Waals surface area contributed by atoms with Crippen LogP contribution in [0.1, 0.15) is 27.2 Å². The van der Waals surface area contributed by atoms with Gasteiger partial charge in [-0.25, -0.2) is 0 Å². The van der Waals surface area contributed by atoms with E-state index in [1.807, 2.05) is 0 Å². The molecule has 1 atom stereocenters. The topological polar surface area (TPSA) is 78.9 Å². The molecule has 0 saturated heterocycles. The molecule has 0 rings (SSSR count). The average Bonchev–Trinajstić information content (AvgIpc) is 2.34. The van der Waals surface area contributed by atoms with Crippen molar-refractivity contribution in [1.29, 1.82) is 0 Å². The Balaban J connectivity index is 4.71. The summed E-state index contributed by atoms with van der Waals surface area (Å²) in [6.07, 6.45) is 0.0182. The highest BCUT2D eigenvalue weighted by Crippen LogP contribution is 2.17. The van der Waals surface area contributed by atoms with Gasteiger partial charge in [-0.2, -0.15) is 0 Å². The fourth-order valence-electron chi connectivity index (χ4n) is 1.43. The third-order valence-corrected chi connectivity index (χ3v) is 2.34. The molecule has 6 heteroatoms. The summed E-state index contributed by atoms with van der Waals surface area (Å²) >= 11 is 0. The molecule has 1 unspecified atom stereocenters. The molecule has 0 aliphatic carbocycles. The van der Waals surface area contributed by atoms with Crippen LogP contribution < -0.4 is 0 Å². The van der Waals surface area contributed by atoms with Gasteiger partial charge in [0.25, 0.3) is 0 Å². The van der Waals surface area contributed by atoms with E-state index >= 15 is 0 Å². The van der Waals surface area contributed by atoms with Crippen molar-refractivity contribution in [2.24, 2.45) is 11.8 Å². The lowest BCUT2D eigenvalue weighted by Crippen LogP contribution is -2.31. The monoisotopic (exact) mass is 260 g/mol. The second-order valence-electron chi connectivity index (χ2n) is 3.72. The van der Waals surface area contributed by atoms with Crippen molar-refractivity contribution in [2.45, 2.75) is 27.2 Å². The van der Waals surface area contributed by atoms with Crippen molar-refractivity contribution in [2.75, 3.05) is 20.3 Å². The normalized spacial score (nSPS) is 11.8. The lowest BCUT2D eigenvalue weighted by molar-refractivity contribution is -0.163. The van der Waals surface area contributed by atoms with E-state index < -0.39 is 29.7 Å². The molecule has 0 saturated carbocycles. The van der Waals surface area contributed by atoms with E-state index in [1.165, 1.54) is 7.11 Å². The molecule has 0 fully saturated rings. The third-order valence-electron chi connectivity index (χ3n) is 2.34. The minimum absolute atomic E-state index is 0.0182. The van der Waals surface area contributed by atoms with Gasteiger partial charge in [0.1, 0.15) is 0 Å². The maximum atomic E-state index is 11.6. The predicted octanol–water partition coefficient (Wildman–Crippen LogP) is 0.928. The van der Waals surface area contributed by atoms with Crippen molar-refractivity contribution >= 4 is 17.9 Å². The zero-order valence-corrected chi connectivity index (χ0v) is 11.2. The molecule has 0 spiro atoms. The molecule has 0 radical (unpaired) electrons. The summed E-state index contributed by atoms with van der Waals surface area (Å²) in [4.78, 5) is 34.5. The second-order valence-corrected chi connectivity index (χ2v) is 3.72. The summed E-state index contributed by atoms with van der Waals surface area (Å²) in [6, 6.07) is 0. The van der Waals surface area contributed by atoms with Gasteiger partial charge in [-0.05, 0) is 20.3 Å². The quantitative estimate of drug-likeness (QED) is 0.385. The lowest BCUT2D eigenvalue weighted by atomic mass is 9.96. The first-order valence-electron chi connectivity index (χ1n) is 5.88. The molecule has 0 N–H and O–H groups in total. The summed E-state index contributed by atoms with van der Waals surface area (Å²) in [7, 11) is 1.25. The van der Waals surface area contributed by atoms with Crippen LogP contribution in [0.25, 0.3) is 0 Å². The predicted molar refractivity (Wildman–Crippen MR) is 62.6 cm³/mol. The molecular formula is C12H20O6. The largest absolute Gasteiger partial charge is 0.469 e. The highest BCUT2D eigenvalue weighted by atomic mass is 16.6. The maximum absolute atomic E-state index is 11.6. The molecule has 0 aliphatic rings. The Morgan fingerprint density at radius 3 is 1.72 bits per heavy atom. The highest BCUT2D eigenvalue weighted by molar-refractivity contribution is 5.95. The van der Waals surface area contributed by atoms with Crippen LogP contribution in [0.5, 0.6) is 0 Å². The highest BCUT2D eigenvalue weighted by Gasteiger charge is 2.33. The Kier molecular flexibility index (Phi) is 7.74. The number of esters is 3. The number of rotatable bonds is 7. The van der Waals surface area contributed by atoms with E-state index in [9.17, 15) is 14.4 Å². The number of hydrogen-bond donors (Lipinski definition) is 0. The first-order chi connectivity index (χ1) is 8.47. The molecule has 18 heavy (non-hydrogen) atoms. The molecule has 0 amide bonds. The van der Waals surface area contributed by atoms with Crippen LogP contribution >= 0.6 is 0 Å². The van der Waals surface area contributed by atoms with Gasteiger partial charge in [0, 0.05) is 0 Å². The van der Waals surface area contributed by atoms with Gasteiger partial charge in [0.2, 0.25) is 0 Å². The van der Waals surface area contributed by atoms with E-state index in [0.29, 0.717) is 0 Å². The molecular weight excluding hydrogens is 240 g/mol. The Morgan fingerprint density at radius 2 is 1.39 bits per heavy atom. The number of carbonyl (C=O) groups excluding carboxylic acids is 3. The smallest absolute Gasteiger partial charge is 0.320 e. The fourth-order valence-corrected chi connectivity index (χ4v) is 1.43. The van der Waals surface area contributed by atoms with Gasteiger partial charge in [0.15, 0.2) is 5.92 Å². The number of hydrogen-bond acceptors (Lipinski definition) is 6. The standard InChI is InChI=1S/C12H20O6/c1-5-17-11(14)9(12(15)18-6-2)7-8(3)10(13)16-4/h8-9H,5-7H2,1-4H3. The van der Waals surface area contributed by atoms with Crippen LogP contribution in [0.3, 0.4) is 0 Å². The van der Waals surface area contributed by atoms with Crippen LogP contribution in [0.2, 0.25) is 0 Å². The average molecular weight is 260 g/mol. The number of ether oxygens (including phenoxy) is 3. The van der Waals surface area contributed by atoms with Crippen molar-refractivity contribution in [3.8, 4) is 0 Å². The van der Waals surface area contributed by atoms with Crippen molar-refractivity contribution in [3.63, 3.8) is 0 Å². The van der Waals surface area contributed by atoms with E-state index in [2.05, 4.69) is 4.74 Å². The first kappa shape index (κ1) is 16.4. The molecule has 0 aliphatic heterocycles. The lowest BCUT2D eigenvalue weighted by Gasteiger charge is -2.17. The van der Waals surface area contributed by atoms with Crippen molar-refractivity contribution in [1.82, 2.24) is 0 Å². The Bertz CT molecular complexity index is 281. The van der Waals surface area contributed by atoms with Gasteiger partial charge in [-0.15, -0.1) is 0 Å². The maximum Gasteiger partial charge on any atom is 0.320 e. The Labute approximate surface area is 107 Å². The summed E-state index contributed by atoms with van der Waals surface area (Å²) in [6.45, 7) is 5.20. The number of methoxy groups -OCH3 is 1. The summed E-state index contributed by atoms with van der Waals surface area (Å²) in [5.41, 5.74) is 0. The molecule has 104 valence electrons. The Hall–Kier alpha value is -1.59. The molecule has 0 bridgehead atoms. The minimum Gasteiger partial charge on any atom is -0.469 e. The van der Waals surface area contributed by atoms with Crippen LogP contribution in [0, 0.1) is 11.8 Å². The molecule has 0 aromatic rings. The molecule has 0 aromatic carbocycles.